The van der Waals surface area contributed by atoms with E-state index in [4.69, 9.17) is 0 Å². The Balaban J connectivity index is 0.00000180. The molecule has 2 heterocycles. The Bertz CT molecular complexity index is 545. The number of rotatable bonds is 5. The summed E-state index contributed by atoms with van der Waals surface area (Å²) in [5, 5.41) is 14.0. The van der Waals surface area contributed by atoms with Crippen molar-refractivity contribution in [3.05, 3.63) is 30.2 Å². The van der Waals surface area contributed by atoms with Gasteiger partial charge in [0.1, 0.15) is 0 Å². The Hall–Kier alpha value is -1.37. The van der Waals surface area contributed by atoms with Gasteiger partial charge >= 0.3 is 0 Å². The van der Waals surface area contributed by atoms with E-state index in [0.29, 0.717) is 13.0 Å². The smallest absolute Gasteiger partial charge is 0.221 e. The Morgan fingerprint density at radius 3 is 2.80 bits per heavy atom. The molecule has 0 saturated heterocycles. The van der Waals surface area contributed by atoms with Gasteiger partial charge in [0.15, 0.2) is 11.5 Å². The van der Waals surface area contributed by atoms with Gasteiger partial charge < -0.3 is 10.6 Å². The number of nitrogens with one attached hydrogen (secondary N) is 2. The topological polar surface area (TPSA) is 71.3 Å². The molecule has 0 spiro atoms. The molecule has 2 aromatic rings. The summed E-state index contributed by atoms with van der Waals surface area (Å²) in [6.45, 7) is 2.57. The van der Waals surface area contributed by atoms with Gasteiger partial charge in [-0.25, -0.2) is 0 Å². The van der Waals surface area contributed by atoms with Gasteiger partial charge in [-0.1, -0.05) is 6.07 Å². The molecule has 0 aromatic carbocycles. The Kier molecular flexibility index (Phi) is 8.13. The first-order valence-corrected chi connectivity index (χ1v) is 5.96. The van der Waals surface area contributed by atoms with Crippen LogP contribution in [0.1, 0.15) is 25.2 Å². The summed E-state index contributed by atoms with van der Waals surface area (Å²) in [5.41, 5.74) is 0.781. The lowest BCUT2D eigenvalue weighted by molar-refractivity contribution is -0.121. The lowest BCUT2D eigenvalue weighted by atomic mass is 10.3. The maximum Gasteiger partial charge on any atom is 0.221 e. The molecule has 112 valence electrons. The average Bonchev–Trinajstić information content (AvgIpc) is 2.80. The van der Waals surface area contributed by atoms with E-state index < -0.39 is 0 Å². The summed E-state index contributed by atoms with van der Waals surface area (Å²) in [6.07, 6.45) is 2.35. The van der Waals surface area contributed by atoms with Crippen molar-refractivity contribution in [1.82, 2.24) is 25.2 Å². The van der Waals surface area contributed by atoms with Crippen LogP contribution < -0.4 is 10.6 Å². The fraction of sp³-hybridized carbons (Fsp3) is 0.417. The number of hydrogen-bond donors (Lipinski definition) is 2. The van der Waals surface area contributed by atoms with Crippen LogP contribution in [-0.2, 0) is 4.79 Å². The van der Waals surface area contributed by atoms with Crippen LogP contribution >= 0.6 is 24.8 Å². The summed E-state index contributed by atoms with van der Waals surface area (Å²) in [4.78, 5) is 11.6. The molecule has 6 nitrogen and oxygen atoms in total. The van der Waals surface area contributed by atoms with E-state index in [1.54, 1.807) is 0 Å². The number of aromatic nitrogens is 3. The molecule has 2 N–H and O–H groups in total. The van der Waals surface area contributed by atoms with E-state index in [0.717, 1.165) is 11.5 Å². The zero-order valence-corrected chi connectivity index (χ0v) is 13.0. The predicted octanol–water partition coefficient (Wildman–Crippen LogP) is 1.36. The second-order valence-corrected chi connectivity index (χ2v) is 4.13. The van der Waals surface area contributed by atoms with Gasteiger partial charge in [0.25, 0.3) is 0 Å². The van der Waals surface area contributed by atoms with Gasteiger partial charge in [0.05, 0.1) is 6.04 Å². The summed E-state index contributed by atoms with van der Waals surface area (Å²) in [6, 6.07) is 5.54. The highest BCUT2D eigenvalue weighted by molar-refractivity contribution is 5.85. The predicted molar refractivity (Wildman–Crippen MR) is 82.6 cm³/mol. The summed E-state index contributed by atoms with van der Waals surface area (Å²) in [5.74, 6) is 0.743. The molecule has 8 heteroatoms. The van der Waals surface area contributed by atoms with Crippen molar-refractivity contribution in [2.75, 3.05) is 13.6 Å². The molecule has 0 aliphatic carbocycles. The number of halogens is 2. The third-order valence-electron chi connectivity index (χ3n) is 2.71. The summed E-state index contributed by atoms with van der Waals surface area (Å²) >= 11 is 0. The molecular weight excluding hydrogens is 301 g/mol. The third-order valence-corrected chi connectivity index (χ3v) is 2.71. The Labute approximate surface area is 130 Å². The second-order valence-electron chi connectivity index (χ2n) is 4.13. The van der Waals surface area contributed by atoms with Crippen LogP contribution in [0.25, 0.3) is 5.65 Å². The fourth-order valence-electron chi connectivity index (χ4n) is 1.77. The highest BCUT2D eigenvalue weighted by Crippen LogP contribution is 2.11. The fourth-order valence-corrected chi connectivity index (χ4v) is 1.77. The largest absolute Gasteiger partial charge is 0.346 e. The van der Waals surface area contributed by atoms with Gasteiger partial charge in [0, 0.05) is 19.2 Å². The monoisotopic (exact) mass is 319 g/mol. The van der Waals surface area contributed by atoms with E-state index in [1.165, 1.54) is 0 Å². The maximum absolute atomic E-state index is 11.6. The second kappa shape index (κ2) is 8.73. The van der Waals surface area contributed by atoms with Crippen molar-refractivity contribution in [1.29, 1.82) is 0 Å². The first-order valence-electron chi connectivity index (χ1n) is 5.96. The van der Waals surface area contributed by atoms with Gasteiger partial charge in [-0.05, 0) is 26.1 Å². The van der Waals surface area contributed by atoms with E-state index in [-0.39, 0.29) is 36.8 Å². The Morgan fingerprint density at radius 1 is 1.35 bits per heavy atom. The molecule has 0 aliphatic heterocycles. The molecule has 0 fully saturated rings. The SMILES string of the molecule is CNCCC(=O)NC(C)c1nnc2ccccn12.Cl.Cl. The molecule has 1 unspecified atom stereocenters. The van der Waals surface area contributed by atoms with Crippen LogP contribution in [0.4, 0.5) is 0 Å². The van der Waals surface area contributed by atoms with Crippen LogP contribution in [0.5, 0.6) is 0 Å². The zero-order chi connectivity index (χ0) is 13.0. The van der Waals surface area contributed by atoms with Gasteiger partial charge in [0.2, 0.25) is 5.91 Å². The number of carbonyl (C=O) groups excluding carboxylic acids is 1. The highest BCUT2D eigenvalue weighted by Gasteiger charge is 2.14. The van der Waals surface area contributed by atoms with Crippen molar-refractivity contribution < 1.29 is 4.79 Å². The van der Waals surface area contributed by atoms with Crippen LogP contribution in [-0.4, -0.2) is 34.1 Å². The number of nitrogens with zero attached hydrogens (tertiary/aromatic N) is 3. The lowest BCUT2D eigenvalue weighted by Gasteiger charge is -2.12. The van der Waals surface area contributed by atoms with Gasteiger partial charge in [-0.2, -0.15) is 0 Å². The lowest BCUT2D eigenvalue weighted by Crippen LogP contribution is -2.30. The minimum Gasteiger partial charge on any atom is -0.346 e. The van der Waals surface area contributed by atoms with Crippen molar-refractivity contribution in [3.63, 3.8) is 0 Å². The number of pyridine rings is 1. The van der Waals surface area contributed by atoms with Crippen molar-refractivity contribution in [2.24, 2.45) is 0 Å². The van der Waals surface area contributed by atoms with E-state index in [2.05, 4.69) is 20.8 Å². The third kappa shape index (κ3) is 4.33. The molecule has 0 saturated carbocycles. The quantitative estimate of drug-likeness (QED) is 0.873. The normalized spacial score (nSPS) is 11.3. The number of hydrogen-bond acceptors (Lipinski definition) is 4. The van der Waals surface area contributed by atoms with E-state index in [9.17, 15) is 4.79 Å². The molecule has 2 aromatic heterocycles. The van der Waals surface area contributed by atoms with Crippen LogP contribution in [0.15, 0.2) is 24.4 Å². The van der Waals surface area contributed by atoms with E-state index in [1.807, 2.05) is 42.8 Å². The van der Waals surface area contributed by atoms with Crippen LogP contribution in [0.3, 0.4) is 0 Å². The number of amides is 1. The molecule has 20 heavy (non-hydrogen) atoms. The average molecular weight is 320 g/mol. The first-order chi connectivity index (χ1) is 8.72. The summed E-state index contributed by atoms with van der Waals surface area (Å²) in [7, 11) is 1.82. The molecule has 1 amide bonds. The minimum absolute atomic E-state index is 0. The zero-order valence-electron chi connectivity index (χ0n) is 11.4. The van der Waals surface area contributed by atoms with Gasteiger partial charge in [-0.3, -0.25) is 9.20 Å². The minimum atomic E-state index is -0.160. The van der Waals surface area contributed by atoms with Crippen molar-refractivity contribution in [3.8, 4) is 0 Å². The molecule has 0 bridgehead atoms. The molecular formula is C12H19Cl2N5O. The molecule has 0 radical (unpaired) electrons. The summed E-state index contributed by atoms with van der Waals surface area (Å²) < 4.78 is 1.88. The number of carbonyl (C=O) groups is 1. The van der Waals surface area contributed by atoms with Crippen molar-refractivity contribution >= 4 is 36.4 Å². The first kappa shape index (κ1) is 18.6. The van der Waals surface area contributed by atoms with Crippen molar-refractivity contribution in [2.45, 2.75) is 19.4 Å². The molecule has 1 atom stereocenters. The standard InChI is InChI=1S/C12H17N5O.2ClH/c1-9(14-11(18)6-7-13-2)12-16-15-10-5-3-4-8-17(10)12;;/h3-5,8-9,13H,6-7H2,1-2H3,(H,14,18);2*1H. The van der Waals surface area contributed by atoms with Gasteiger partial charge in [-0.15, -0.1) is 35.0 Å². The molecule has 0 aliphatic rings. The van der Waals surface area contributed by atoms with E-state index >= 15 is 0 Å². The highest BCUT2D eigenvalue weighted by atomic mass is 35.5. The molecule has 2 rings (SSSR count). The Morgan fingerprint density at radius 2 is 2.10 bits per heavy atom. The number of fused-ring (bicyclic) bond motifs is 1. The van der Waals surface area contributed by atoms with Crippen LogP contribution in [0, 0.1) is 0 Å². The maximum atomic E-state index is 11.6. The van der Waals surface area contributed by atoms with Crippen LogP contribution in [0.2, 0.25) is 0 Å².